The Bertz CT molecular complexity index is 1840. The van der Waals surface area contributed by atoms with Gasteiger partial charge in [0.25, 0.3) is 5.92 Å². The van der Waals surface area contributed by atoms with Gasteiger partial charge in [-0.2, -0.15) is 5.10 Å². The van der Waals surface area contributed by atoms with E-state index in [1.165, 1.54) is 16.8 Å². The molecule has 0 spiro atoms. The highest BCUT2D eigenvalue weighted by molar-refractivity contribution is 7.92. The van der Waals surface area contributed by atoms with Crippen molar-refractivity contribution < 1.29 is 26.7 Å². The minimum Gasteiger partial charge on any atom is -0.377 e. The van der Waals surface area contributed by atoms with E-state index in [4.69, 9.17) is 17.3 Å². The van der Waals surface area contributed by atoms with Crippen molar-refractivity contribution in [3.63, 3.8) is 0 Å². The monoisotopic (exact) mass is 603 g/mol. The molecule has 1 saturated carbocycles. The fourth-order valence-electron chi connectivity index (χ4n) is 4.98. The Labute approximate surface area is 239 Å². The van der Waals surface area contributed by atoms with Gasteiger partial charge in [0.05, 0.1) is 46.8 Å². The third-order valence-corrected chi connectivity index (χ3v) is 7.53. The standard InChI is InChI=1S/C28H25ClF3N5O3S/c1-37-25-20(8-9-21(29)23(25)26(35-37)36-41(2,39)40)19-7-6-18(10-11-27(38)14-28(31,32)15-27)34-24(19)22(33)13-16-4-3-5-17(30)12-16/h3-9,12,22,38H,13-15,33H2,1-2H3,(H,35,36)/t22-/m0/s1. The quantitative estimate of drug-likeness (QED) is 0.278. The molecule has 1 fully saturated rings. The Balaban J connectivity index is 1.64. The number of sulfonamides is 1. The summed E-state index contributed by atoms with van der Waals surface area (Å²) in [6.45, 7) is 0. The summed E-state index contributed by atoms with van der Waals surface area (Å²) >= 11 is 6.48. The van der Waals surface area contributed by atoms with Crippen molar-refractivity contribution in [1.29, 1.82) is 0 Å². The van der Waals surface area contributed by atoms with Crippen LogP contribution in [0.2, 0.25) is 5.02 Å². The van der Waals surface area contributed by atoms with E-state index in [0.29, 0.717) is 33.3 Å². The first kappa shape index (κ1) is 28.9. The molecule has 4 aromatic rings. The van der Waals surface area contributed by atoms with Gasteiger partial charge in [0.15, 0.2) is 5.82 Å². The first-order chi connectivity index (χ1) is 19.1. The highest BCUT2D eigenvalue weighted by atomic mass is 35.5. The molecule has 0 amide bonds. The van der Waals surface area contributed by atoms with Crippen LogP contribution in [0.5, 0.6) is 0 Å². The van der Waals surface area contributed by atoms with Gasteiger partial charge in [-0.3, -0.25) is 9.40 Å². The molecular formula is C28H25ClF3N5O3S. The van der Waals surface area contributed by atoms with Gasteiger partial charge in [0.2, 0.25) is 10.0 Å². The number of anilines is 1. The summed E-state index contributed by atoms with van der Waals surface area (Å²) < 4.78 is 68.4. The van der Waals surface area contributed by atoms with Crippen molar-refractivity contribution in [1.82, 2.24) is 14.8 Å². The molecule has 2 aromatic heterocycles. The maximum absolute atomic E-state index is 13.9. The highest BCUT2D eigenvalue weighted by Gasteiger charge is 2.55. The van der Waals surface area contributed by atoms with Crippen molar-refractivity contribution in [3.8, 4) is 23.0 Å². The van der Waals surface area contributed by atoms with Gasteiger partial charge in [0.1, 0.15) is 17.1 Å². The molecule has 8 nitrogen and oxygen atoms in total. The van der Waals surface area contributed by atoms with Gasteiger partial charge >= 0.3 is 0 Å². The van der Waals surface area contributed by atoms with Crippen LogP contribution in [0.15, 0.2) is 48.5 Å². The van der Waals surface area contributed by atoms with Crippen molar-refractivity contribution in [2.45, 2.75) is 36.8 Å². The van der Waals surface area contributed by atoms with Crippen molar-refractivity contribution >= 4 is 38.3 Å². The van der Waals surface area contributed by atoms with Crippen LogP contribution in [-0.2, 0) is 23.5 Å². The van der Waals surface area contributed by atoms with E-state index < -0.39 is 46.2 Å². The number of benzene rings is 2. The summed E-state index contributed by atoms with van der Waals surface area (Å²) in [7, 11) is -2.04. The summed E-state index contributed by atoms with van der Waals surface area (Å²) in [6.07, 6.45) is -0.318. The highest BCUT2D eigenvalue weighted by Crippen LogP contribution is 2.45. The van der Waals surface area contributed by atoms with Crippen LogP contribution < -0.4 is 10.5 Å². The molecule has 2 aromatic carbocycles. The summed E-state index contributed by atoms with van der Waals surface area (Å²) in [5, 5.41) is 15.2. The summed E-state index contributed by atoms with van der Waals surface area (Å²) in [5.74, 6) is 1.84. The number of nitrogens with zero attached hydrogens (tertiary/aromatic N) is 3. The molecule has 0 saturated heterocycles. The van der Waals surface area contributed by atoms with Crippen LogP contribution in [0.25, 0.3) is 22.0 Å². The number of halogens is 4. The molecule has 13 heteroatoms. The van der Waals surface area contributed by atoms with E-state index in [1.807, 2.05) is 0 Å². The van der Waals surface area contributed by atoms with Crippen LogP contribution in [-0.4, -0.2) is 46.1 Å². The van der Waals surface area contributed by atoms with E-state index in [0.717, 1.165) is 6.26 Å². The normalized spacial score (nSPS) is 16.5. The van der Waals surface area contributed by atoms with Gasteiger partial charge in [-0.05, 0) is 48.2 Å². The lowest BCUT2D eigenvalue weighted by atomic mass is 9.77. The molecule has 41 heavy (non-hydrogen) atoms. The molecule has 0 aliphatic heterocycles. The average molecular weight is 604 g/mol. The number of nitrogens with two attached hydrogens (primary N) is 1. The lowest BCUT2D eigenvalue weighted by Gasteiger charge is -2.39. The zero-order chi connectivity index (χ0) is 29.7. The molecule has 4 N–H and O–H groups in total. The topological polar surface area (TPSA) is 123 Å². The molecule has 0 unspecified atom stereocenters. The Morgan fingerprint density at radius 1 is 1.20 bits per heavy atom. The number of fused-ring (bicyclic) bond motifs is 1. The fraction of sp³-hybridized carbons (Fsp3) is 0.286. The molecule has 0 bridgehead atoms. The molecule has 214 valence electrons. The number of hydrogen-bond donors (Lipinski definition) is 3. The maximum Gasteiger partial charge on any atom is 0.255 e. The van der Waals surface area contributed by atoms with Gasteiger partial charge < -0.3 is 10.8 Å². The molecule has 5 rings (SSSR count). The van der Waals surface area contributed by atoms with Gasteiger partial charge in [-0.15, -0.1) is 0 Å². The van der Waals surface area contributed by atoms with Gasteiger partial charge in [-0.1, -0.05) is 35.7 Å². The van der Waals surface area contributed by atoms with Crippen LogP contribution in [0.4, 0.5) is 19.0 Å². The van der Waals surface area contributed by atoms with Crippen molar-refractivity contribution in [2.24, 2.45) is 12.8 Å². The molecule has 1 atom stereocenters. The number of nitrogens with one attached hydrogen (secondary N) is 1. The van der Waals surface area contributed by atoms with Crippen LogP contribution in [0.1, 0.15) is 35.8 Å². The van der Waals surface area contributed by atoms with Gasteiger partial charge in [-0.25, -0.2) is 26.6 Å². The first-order valence-electron chi connectivity index (χ1n) is 12.4. The second kappa shape index (κ2) is 10.3. The number of hydrogen-bond acceptors (Lipinski definition) is 6. The Morgan fingerprint density at radius 3 is 2.56 bits per heavy atom. The summed E-state index contributed by atoms with van der Waals surface area (Å²) in [4.78, 5) is 4.63. The number of rotatable bonds is 6. The summed E-state index contributed by atoms with van der Waals surface area (Å²) in [5.41, 5.74) is 7.59. The first-order valence-corrected chi connectivity index (χ1v) is 14.7. The van der Waals surface area contributed by atoms with Crippen molar-refractivity contribution in [3.05, 3.63) is 76.3 Å². The zero-order valence-corrected chi connectivity index (χ0v) is 23.5. The van der Waals surface area contributed by atoms with E-state index in [9.17, 15) is 26.7 Å². The van der Waals surface area contributed by atoms with E-state index in [2.05, 4.69) is 26.6 Å². The number of alkyl halides is 2. The number of aromatic nitrogens is 3. The third kappa shape index (κ3) is 6.18. The molecule has 1 aliphatic carbocycles. The van der Waals surface area contributed by atoms with E-state index in [1.54, 1.807) is 43.4 Å². The lowest BCUT2D eigenvalue weighted by Crippen LogP contribution is -2.50. The second-order valence-electron chi connectivity index (χ2n) is 10.2. The van der Waals surface area contributed by atoms with E-state index >= 15 is 0 Å². The second-order valence-corrected chi connectivity index (χ2v) is 12.4. The molecule has 0 radical (unpaired) electrons. The largest absolute Gasteiger partial charge is 0.377 e. The van der Waals surface area contributed by atoms with Crippen molar-refractivity contribution in [2.75, 3.05) is 11.0 Å². The Hall–Kier alpha value is -3.63. The molecule has 2 heterocycles. The minimum atomic E-state index is -3.67. The molecular weight excluding hydrogens is 579 g/mol. The maximum atomic E-state index is 13.9. The van der Waals surface area contributed by atoms with Crippen LogP contribution in [0, 0.1) is 17.7 Å². The number of aliphatic hydroxyl groups is 1. The summed E-state index contributed by atoms with van der Waals surface area (Å²) in [6, 6.07) is 11.8. The van der Waals surface area contributed by atoms with Crippen LogP contribution in [0.3, 0.4) is 0 Å². The predicted octanol–water partition coefficient (Wildman–Crippen LogP) is 4.55. The Morgan fingerprint density at radius 2 is 1.90 bits per heavy atom. The van der Waals surface area contributed by atoms with E-state index in [-0.39, 0.29) is 23.0 Å². The SMILES string of the molecule is Cn1nc(NS(C)(=O)=O)c2c(Cl)ccc(-c3ccc(C#CC4(O)CC(F)(F)C4)nc3[C@@H](N)Cc3cccc(F)c3)c21. The average Bonchev–Trinajstić information content (AvgIpc) is 3.17. The lowest BCUT2D eigenvalue weighted by molar-refractivity contribution is -0.176. The third-order valence-electron chi connectivity index (χ3n) is 6.66. The van der Waals surface area contributed by atoms with Gasteiger partial charge in [0, 0.05) is 18.2 Å². The predicted molar refractivity (Wildman–Crippen MR) is 150 cm³/mol. The smallest absolute Gasteiger partial charge is 0.255 e. The Kier molecular flexibility index (Phi) is 7.28. The number of pyridine rings is 1. The molecule has 1 aliphatic rings. The zero-order valence-electron chi connectivity index (χ0n) is 21.9. The fourth-order valence-corrected chi connectivity index (χ4v) is 5.72. The van der Waals surface area contributed by atoms with Crippen LogP contribution >= 0.6 is 11.6 Å². The number of aryl methyl sites for hydroxylation is 1. The minimum absolute atomic E-state index is 0.0449.